The first-order chi connectivity index (χ1) is 7.53. The molecule has 0 spiro atoms. The third-order valence-corrected chi connectivity index (χ3v) is 2.98. The molecule has 1 aliphatic carbocycles. The zero-order valence-electron chi connectivity index (χ0n) is 9.45. The minimum atomic E-state index is -0.146. The molecule has 0 radical (unpaired) electrons. The highest BCUT2D eigenvalue weighted by atomic mass is 16.2. The predicted octanol–water partition coefficient (Wildman–Crippen LogP) is 0.895. The Morgan fingerprint density at radius 3 is 2.88 bits per heavy atom. The summed E-state index contributed by atoms with van der Waals surface area (Å²) in [5.74, 6) is 5.12. The van der Waals surface area contributed by atoms with Crippen molar-refractivity contribution in [1.82, 2.24) is 10.3 Å². The summed E-state index contributed by atoms with van der Waals surface area (Å²) < 4.78 is 0. The van der Waals surface area contributed by atoms with E-state index < -0.39 is 0 Å². The topological polar surface area (TPSA) is 80.0 Å². The number of hydrogen-bond acceptors (Lipinski definition) is 4. The Balaban J connectivity index is 2.04. The van der Waals surface area contributed by atoms with Gasteiger partial charge in [0, 0.05) is 12.2 Å². The van der Waals surface area contributed by atoms with Crippen LogP contribution in [0.3, 0.4) is 0 Å². The summed E-state index contributed by atoms with van der Waals surface area (Å²) in [4.78, 5) is 15.8. The number of pyridine rings is 1. The number of nitrogen functional groups attached to an aromatic ring is 1. The quantitative estimate of drug-likeness (QED) is 0.522. The number of nitrogens with two attached hydrogens (primary N) is 1. The molecule has 5 heteroatoms. The molecule has 1 aliphatic rings. The van der Waals surface area contributed by atoms with Crippen LogP contribution in [0, 0.1) is 5.41 Å². The maximum absolute atomic E-state index is 11.8. The summed E-state index contributed by atoms with van der Waals surface area (Å²) in [5.41, 5.74) is 3.77. The maximum Gasteiger partial charge on any atom is 0.270 e. The molecule has 2 rings (SSSR count). The molecule has 1 aromatic heterocycles. The lowest BCUT2D eigenvalue weighted by Crippen LogP contribution is -2.29. The van der Waals surface area contributed by atoms with Crippen molar-refractivity contribution in [3.8, 4) is 0 Å². The van der Waals surface area contributed by atoms with Crippen LogP contribution < -0.4 is 16.6 Å². The summed E-state index contributed by atoms with van der Waals surface area (Å²) in [7, 11) is 0. The third-order valence-electron chi connectivity index (χ3n) is 2.98. The normalized spacial score (nSPS) is 21.3. The van der Waals surface area contributed by atoms with Crippen LogP contribution in [0.2, 0.25) is 0 Å². The van der Waals surface area contributed by atoms with Crippen molar-refractivity contribution < 1.29 is 4.79 Å². The van der Waals surface area contributed by atoms with Crippen molar-refractivity contribution in [1.29, 1.82) is 0 Å². The van der Waals surface area contributed by atoms with Crippen molar-refractivity contribution in [2.75, 3.05) is 5.43 Å². The number of aromatic nitrogens is 1. The van der Waals surface area contributed by atoms with Crippen LogP contribution >= 0.6 is 0 Å². The summed E-state index contributed by atoms with van der Waals surface area (Å²) in [6, 6.07) is 3.60. The average Bonchev–Trinajstić information content (AvgIpc) is 2.86. The number of nitrogens with zero attached hydrogens (tertiary/aromatic N) is 1. The molecule has 4 N–H and O–H groups in total. The molecule has 0 aliphatic heterocycles. The van der Waals surface area contributed by atoms with Crippen LogP contribution in [0.5, 0.6) is 0 Å². The van der Waals surface area contributed by atoms with Crippen LogP contribution in [0.25, 0.3) is 0 Å². The predicted molar refractivity (Wildman–Crippen MR) is 61.7 cm³/mol. The summed E-state index contributed by atoms with van der Waals surface area (Å²) in [6.07, 6.45) is 2.58. The smallest absolute Gasteiger partial charge is 0.270 e. The Morgan fingerprint density at radius 1 is 1.62 bits per heavy atom. The molecule has 5 nitrogen and oxygen atoms in total. The molecule has 1 fully saturated rings. The highest BCUT2D eigenvalue weighted by Crippen LogP contribution is 2.44. The Labute approximate surface area is 94.4 Å². The molecule has 1 heterocycles. The number of amides is 1. The van der Waals surface area contributed by atoms with E-state index in [1.54, 1.807) is 18.3 Å². The molecule has 1 aromatic rings. The minimum absolute atomic E-state index is 0.146. The molecule has 1 amide bonds. The number of carbonyl (C=O) groups is 1. The van der Waals surface area contributed by atoms with Crippen LogP contribution in [0.4, 0.5) is 5.69 Å². The highest BCUT2D eigenvalue weighted by Gasteiger charge is 2.46. The first-order valence-electron chi connectivity index (χ1n) is 5.26. The highest BCUT2D eigenvalue weighted by molar-refractivity contribution is 5.93. The lowest BCUT2D eigenvalue weighted by atomic mass is 10.2. The van der Waals surface area contributed by atoms with Crippen LogP contribution in [0.15, 0.2) is 18.3 Å². The Kier molecular flexibility index (Phi) is 2.55. The Hall–Kier alpha value is -1.62. The van der Waals surface area contributed by atoms with E-state index in [1.807, 2.05) is 0 Å². The molecule has 1 atom stereocenters. The molecular weight excluding hydrogens is 204 g/mol. The number of hydrazine groups is 1. The van der Waals surface area contributed by atoms with Crippen LogP contribution in [0.1, 0.15) is 30.8 Å². The van der Waals surface area contributed by atoms with Crippen molar-refractivity contribution in [3.05, 3.63) is 24.0 Å². The van der Waals surface area contributed by atoms with E-state index in [4.69, 9.17) is 5.84 Å². The second kappa shape index (κ2) is 3.75. The summed E-state index contributed by atoms with van der Waals surface area (Å²) in [5, 5.41) is 2.94. The zero-order valence-corrected chi connectivity index (χ0v) is 9.45. The van der Waals surface area contributed by atoms with Gasteiger partial charge < -0.3 is 10.7 Å². The fraction of sp³-hybridized carbons (Fsp3) is 0.455. The third kappa shape index (κ3) is 2.14. The van der Waals surface area contributed by atoms with E-state index in [0.717, 1.165) is 6.42 Å². The van der Waals surface area contributed by atoms with Crippen LogP contribution in [-0.4, -0.2) is 16.9 Å². The van der Waals surface area contributed by atoms with Gasteiger partial charge >= 0.3 is 0 Å². The molecule has 0 saturated heterocycles. The first-order valence-corrected chi connectivity index (χ1v) is 5.26. The van der Waals surface area contributed by atoms with Crippen molar-refractivity contribution in [3.63, 3.8) is 0 Å². The Morgan fingerprint density at radius 2 is 2.31 bits per heavy atom. The molecule has 0 aromatic carbocycles. The first kappa shape index (κ1) is 10.9. The molecule has 16 heavy (non-hydrogen) atoms. The van der Waals surface area contributed by atoms with Gasteiger partial charge in [-0.1, -0.05) is 13.8 Å². The Bertz CT molecular complexity index is 416. The van der Waals surface area contributed by atoms with Gasteiger partial charge in [-0.25, -0.2) is 0 Å². The summed E-state index contributed by atoms with van der Waals surface area (Å²) in [6.45, 7) is 4.26. The number of hydrogen-bond donors (Lipinski definition) is 3. The van der Waals surface area contributed by atoms with Crippen molar-refractivity contribution in [2.45, 2.75) is 26.3 Å². The van der Waals surface area contributed by atoms with E-state index in [1.165, 1.54) is 0 Å². The van der Waals surface area contributed by atoms with Crippen LogP contribution in [-0.2, 0) is 0 Å². The van der Waals surface area contributed by atoms with Gasteiger partial charge in [0.1, 0.15) is 5.69 Å². The lowest BCUT2D eigenvalue weighted by Gasteiger charge is -2.07. The fourth-order valence-corrected chi connectivity index (χ4v) is 1.59. The number of carbonyl (C=O) groups excluding carboxylic acids is 1. The molecule has 1 saturated carbocycles. The monoisotopic (exact) mass is 220 g/mol. The molecule has 0 bridgehead atoms. The fourth-order valence-electron chi connectivity index (χ4n) is 1.59. The summed E-state index contributed by atoms with van der Waals surface area (Å²) >= 11 is 0. The number of anilines is 1. The van der Waals surface area contributed by atoms with Gasteiger partial charge in [0.2, 0.25) is 0 Å². The average molecular weight is 220 g/mol. The minimum Gasteiger partial charge on any atom is -0.347 e. The zero-order chi connectivity index (χ0) is 11.8. The van der Waals surface area contributed by atoms with E-state index in [0.29, 0.717) is 11.4 Å². The number of rotatable bonds is 3. The molecule has 86 valence electrons. The van der Waals surface area contributed by atoms with Gasteiger partial charge in [0.25, 0.3) is 5.91 Å². The second-order valence-corrected chi connectivity index (χ2v) is 4.79. The van der Waals surface area contributed by atoms with Gasteiger partial charge in [-0.3, -0.25) is 15.6 Å². The van der Waals surface area contributed by atoms with Gasteiger partial charge in [0.15, 0.2) is 0 Å². The van der Waals surface area contributed by atoms with Gasteiger partial charge in [-0.2, -0.15) is 0 Å². The van der Waals surface area contributed by atoms with Gasteiger partial charge in [0.05, 0.1) is 5.69 Å². The van der Waals surface area contributed by atoms with E-state index >= 15 is 0 Å². The second-order valence-electron chi connectivity index (χ2n) is 4.79. The standard InChI is InChI=1S/C11H16N4O/c1-11(2)6-9(11)14-10(16)8-5-7(15-12)3-4-13-8/h3-5,9H,6,12H2,1-2H3,(H,13,15)(H,14,16). The van der Waals surface area contributed by atoms with E-state index in [9.17, 15) is 4.79 Å². The van der Waals surface area contributed by atoms with Gasteiger partial charge in [-0.15, -0.1) is 0 Å². The SMILES string of the molecule is CC1(C)CC1NC(=O)c1cc(NN)ccn1. The maximum atomic E-state index is 11.8. The largest absolute Gasteiger partial charge is 0.347 e. The molecular formula is C11H16N4O. The van der Waals surface area contributed by atoms with Gasteiger partial charge in [-0.05, 0) is 24.0 Å². The van der Waals surface area contributed by atoms with E-state index in [2.05, 4.69) is 29.6 Å². The van der Waals surface area contributed by atoms with Crippen molar-refractivity contribution >= 4 is 11.6 Å². The number of nitrogens with one attached hydrogen (secondary N) is 2. The molecule has 1 unspecified atom stereocenters. The lowest BCUT2D eigenvalue weighted by molar-refractivity contribution is 0.0941. The van der Waals surface area contributed by atoms with Crippen molar-refractivity contribution in [2.24, 2.45) is 11.3 Å². The van der Waals surface area contributed by atoms with E-state index in [-0.39, 0.29) is 17.4 Å².